The van der Waals surface area contributed by atoms with E-state index in [-0.39, 0.29) is 0 Å². The normalized spacial score (nSPS) is 14.6. The molecule has 2 heteroatoms. The highest BCUT2D eigenvalue weighted by Gasteiger charge is 2.39. The molecular weight excluding hydrogens is 258 g/mol. The Hall–Kier alpha value is -0.0800. The van der Waals surface area contributed by atoms with Gasteiger partial charge in [0.05, 0.1) is 26.2 Å². The maximum absolute atomic E-state index is 9.15. The molecule has 0 heterocycles. The third kappa shape index (κ3) is 11.2. The molecule has 0 aliphatic carbocycles. The summed E-state index contributed by atoms with van der Waals surface area (Å²) < 4.78 is 1.18. The van der Waals surface area contributed by atoms with Crippen LogP contribution < -0.4 is 0 Å². The average molecular weight is 301 g/mol. The van der Waals surface area contributed by atoms with E-state index in [2.05, 4.69) is 62.3 Å². The Morgan fingerprint density at radius 2 is 0.952 bits per heavy atom. The summed E-state index contributed by atoms with van der Waals surface area (Å²) in [5.74, 6) is 0. The molecule has 2 nitrogen and oxygen atoms in total. The highest BCUT2D eigenvalue weighted by Crippen LogP contribution is 2.32. The van der Waals surface area contributed by atoms with Gasteiger partial charge in [-0.2, -0.15) is 0 Å². The number of quaternary nitrogens is 1. The topological polar surface area (TPSA) is 20.2 Å². The molecular formula is C19H42NO+. The van der Waals surface area contributed by atoms with E-state index in [4.69, 9.17) is 5.11 Å². The number of aliphatic hydroxyl groups is 1. The lowest BCUT2D eigenvalue weighted by Gasteiger charge is -2.49. The van der Waals surface area contributed by atoms with Gasteiger partial charge in [0.1, 0.15) is 0 Å². The van der Waals surface area contributed by atoms with Gasteiger partial charge in [-0.25, -0.2) is 0 Å². The molecule has 0 saturated carbocycles. The Morgan fingerprint density at radius 1 is 0.619 bits per heavy atom. The van der Waals surface area contributed by atoms with Gasteiger partial charge in [0.15, 0.2) is 0 Å². The maximum atomic E-state index is 9.15. The van der Waals surface area contributed by atoms with E-state index >= 15 is 0 Å². The first-order chi connectivity index (χ1) is 9.18. The fourth-order valence-electron chi connectivity index (χ4n) is 3.98. The monoisotopic (exact) mass is 300 g/mol. The van der Waals surface area contributed by atoms with Crippen LogP contribution in [0.1, 0.15) is 75.2 Å². The largest absolute Gasteiger partial charge is 0.396 e. The predicted octanol–water partition coefficient (Wildman–Crippen LogP) is 4.71. The molecule has 0 aromatic heterocycles. The number of aliphatic hydroxyl groups excluding tert-OH is 1. The SMILES string of the molecule is CC(C)(C)C[N+](CCCCO)(CC(C)(C)C)CC(C)(C)C. The van der Waals surface area contributed by atoms with Crippen molar-refractivity contribution in [3.05, 3.63) is 0 Å². The van der Waals surface area contributed by atoms with Gasteiger partial charge in [-0.3, -0.25) is 0 Å². The van der Waals surface area contributed by atoms with Gasteiger partial charge >= 0.3 is 0 Å². The zero-order valence-electron chi connectivity index (χ0n) is 16.3. The quantitative estimate of drug-likeness (QED) is 0.533. The minimum absolute atomic E-state index is 0.320. The summed E-state index contributed by atoms with van der Waals surface area (Å²) in [5, 5.41) is 9.15. The van der Waals surface area contributed by atoms with Gasteiger partial charge in [0, 0.05) is 22.9 Å². The van der Waals surface area contributed by atoms with Crippen LogP contribution in [0.25, 0.3) is 0 Å². The second kappa shape index (κ2) is 7.46. The highest BCUT2D eigenvalue weighted by molar-refractivity contribution is 4.71. The van der Waals surface area contributed by atoms with E-state index in [1.807, 2.05) is 0 Å². The fraction of sp³-hybridized carbons (Fsp3) is 1.00. The third-order valence-corrected chi connectivity index (χ3v) is 3.47. The first-order valence-corrected chi connectivity index (χ1v) is 8.64. The standard InChI is InChI=1S/C19H42NO/c1-17(2,3)14-20(12-10-11-13-21,15-18(4,5)6)16-19(7,8)9/h21H,10-16H2,1-9H3/q+1. The van der Waals surface area contributed by atoms with Crippen LogP contribution in [0.3, 0.4) is 0 Å². The van der Waals surface area contributed by atoms with Crippen molar-refractivity contribution in [2.24, 2.45) is 16.2 Å². The molecule has 0 atom stereocenters. The smallest absolute Gasteiger partial charge is 0.0835 e. The Bertz CT molecular complexity index is 247. The van der Waals surface area contributed by atoms with Crippen molar-refractivity contribution in [1.82, 2.24) is 0 Å². The molecule has 1 N–H and O–H groups in total. The Morgan fingerprint density at radius 3 is 1.19 bits per heavy atom. The van der Waals surface area contributed by atoms with Gasteiger partial charge in [0.2, 0.25) is 0 Å². The van der Waals surface area contributed by atoms with Crippen LogP contribution >= 0.6 is 0 Å². The van der Waals surface area contributed by atoms with Crippen molar-refractivity contribution in [3.8, 4) is 0 Å². The average Bonchev–Trinajstić information content (AvgIpc) is 2.08. The van der Waals surface area contributed by atoms with Crippen LogP contribution in [0.15, 0.2) is 0 Å². The van der Waals surface area contributed by atoms with Crippen LogP contribution in [-0.4, -0.2) is 42.4 Å². The summed E-state index contributed by atoms with van der Waals surface area (Å²) in [6, 6.07) is 0. The van der Waals surface area contributed by atoms with Crippen LogP contribution in [0.2, 0.25) is 0 Å². The zero-order valence-corrected chi connectivity index (χ0v) is 16.3. The van der Waals surface area contributed by atoms with Crippen LogP contribution in [-0.2, 0) is 0 Å². The maximum Gasteiger partial charge on any atom is 0.0835 e. The minimum Gasteiger partial charge on any atom is -0.396 e. The van der Waals surface area contributed by atoms with E-state index < -0.39 is 0 Å². The number of unbranched alkanes of at least 4 members (excludes halogenated alkanes) is 1. The summed E-state index contributed by atoms with van der Waals surface area (Å²) in [6.07, 6.45) is 2.05. The fourth-order valence-corrected chi connectivity index (χ4v) is 3.98. The summed E-state index contributed by atoms with van der Waals surface area (Å²) >= 11 is 0. The molecule has 0 amide bonds. The number of nitrogens with zero attached hydrogens (tertiary/aromatic N) is 1. The second-order valence-electron chi connectivity index (χ2n) is 10.7. The molecule has 0 aliphatic rings. The predicted molar refractivity (Wildman–Crippen MR) is 94.4 cm³/mol. The van der Waals surface area contributed by atoms with Crippen molar-refractivity contribution in [1.29, 1.82) is 0 Å². The van der Waals surface area contributed by atoms with E-state index in [0.717, 1.165) is 12.8 Å². The van der Waals surface area contributed by atoms with E-state index in [1.165, 1.54) is 30.7 Å². The molecule has 0 aromatic rings. The van der Waals surface area contributed by atoms with Gasteiger partial charge in [-0.05, 0) is 12.8 Å². The summed E-state index contributed by atoms with van der Waals surface area (Å²) in [5.41, 5.74) is 0.987. The summed E-state index contributed by atoms with van der Waals surface area (Å²) in [6.45, 7) is 26.4. The molecule has 0 aliphatic heterocycles. The van der Waals surface area contributed by atoms with Gasteiger partial charge in [-0.1, -0.05) is 62.3 Å². The molecule has 21 heavy (non-hydrogen) atoms. The zero-order chi connectivity index (χ0) is 16.9. The Balaban J connectivity index is 5.36. The molecule has 0 unspecified atom stereocenters. The lowest BCUT2D eigenvalue weighted by Crippen LogP contribution is -2.59. The first-order valence-electron chi connectivity index (χ1n) is 8.64. The number of hydrogen-bond donors (Lipinski definition) is 1. The summed E-state index contributed by atoms with van der Waals surface area (Å²) in [4.78, 5) is 0. The van der Waals surface area contributed by atoms with Crippen molar-refractivity contribution in [2.45, 2.75) is 75.2 Å². The summed E-state index contributed by atoms with van der Waals surface area (Å²) in [7, 11) is 0. The Kier molecular flexibility index (Phi) is 7.43. The molecule has 0 radical (unpaired) electrons. The van der Waals surface area contributed by atoms with Crippen LogP contribution in [0, 0.1) is 16.2 Å². The highest BCUT2D eigenvalue weighted by atomic mass is 16.2. The molecule has 0 fully saturated rings. The lowest BCUT2D eigenvalue weighted by molar-refractivity contribution is -0.944. The van der Waals surface area contributed by atoms with Crippen molar-refractivity contribution < 1.29 is 9.59 Å². The first kappa shape index (κ1) is 20.9. The van der Waals surface area contributed by atoms with Gasteiger partial charge in [0.25, 0.3) is 0 Å². The third-order valence-electron chi connectivity index (χ3n) is 3.47. The van der Waals surface area contributed by atoms with Gasteiger partial charge in [-0.15, -0.1) is 0 Å². The van der Waals surface area contributed by atoms with Crippen LogP contribution in [0.5, 0.6) is 0 Å². The van der Waals surface area contributed by atoms with Crippen molar-refractivity contribution in [3.63, 3.8) is 0 Å². The molecule has 0 bridgehead atoms. The van der Waals surface area contributed by atoms with E-state index in [0.29, 0.717) is 22.9 Å². The second-order valence-corrected chi connectivity index (χ2v) is 10.7. The van der Waals surface area contributed by atoms with Crippen LogP contribution in [0.4, 0.5) is 0 Å². The Labute approximate surface area is 134 Å². The molecule has 0 rings (SSSR count). The molecule has 0 aromatic carbocycles. The molecule has 0 spiro atoms. The van der Waals surface area contributed by atoms with E-state index in [1.54, 1.807) is 0 Å². The minimum atomic E-state index is 0.320. The van der Waals surface area contributed by atoms with Crippen molar-refractivity contribution >= 4 is 0 Å². The lowest BCUT2D eigenvalue weighted by atomic mass is 9.85. The molecule has 0 saturated heterocycles. The van der Waals surface area contributed by atoms with Crippen molar-refractivity contribution in [2.75, 3.05) is 32.8 Å². The van der Waals surface area contributed by atoms with Gasteiger partial charge < -0.3 is 9.59 Å². The number of hydrogen-bond acceptors (Lipinski definition) is 1. The molecule has 128 valence electrons. The number of rotatable bonds is 7. The van der Waals surface area contributed by atoms with E-state index in [9.17, 15) is 0 Å².